The van der Waals surface area contributed by atoms with Crippen LogP contribution in [0.15, 0.2) is 72.5 Å². The van der Waals surface area contributed by atoms with Crippen LogP contribution in [0.25, 0.3) is 0 Å². The number of benzene rings is 2. The van der Waals surface area contributed by atoms with Crippen LogP contribution in [-0.4, -0.2) is 12.8 Å². The normalized spacial score (nSPS) is 19.0. The number of anilines is 1. The molecule has 1 aliphatic carbocycles. The van der Waals surface area contributed by atoms with Crippen molar-refractivity contribution in [1.82, 2.24) is 0 Å². The zero-order valence-corrected chi connectivity index (χ0v) is 17.6. The Hall–Kier alpha value is -2.18. The van der Waals surface area contributed by atoms with Crippen molar-refractivity contribution in [2.45, 2.75) is 46.0 Å². The maximum Gasteiger partial charge on any atom is 0.140 e. The van der Waals surface area contributed by atoms with Gasteiger partial charge in [0, 0.05) is 18.4 Å². The number of hydrogen-bond donors (Lipinski definition) is 0. The van der Waals surface area contributed by atoms with Crippen LogP contribution in [0.4, 0.5) is 5.69 Å². The first-order chi connectivity index (χ1) is 12.9. The van der Waals surface area contributed by atoms with E-state index in [1.807, 2.05) is 12.1 Å². The van der Waals surface area contributed by atoms with E-state index in [4.69, 9.17) is 0 Å². The van der Waals surface area contributed by atoms with Gasteiger partial charge in [0.05, 0.1) is 5.41 Å². The predicted molar refractivity (Wildman–Crippen MR) is 126 cm³/mol. The summed E-state index contributed by atoms with van der Waals surface area (Å²) in [4.78, 5) is 15.2. The lowest BCUT2D eigenvalue weighted by atomic mass is 9.65. The zero-order valence-electron chi connectivity index (χ0n) is 16.5. The van der Waals surface area contributed by atoms with Gasteiger partial charge in [-0.2, -0.15) is 0 Å². The molecular weight excluding hydrogens is 361 g/mol. The van der Waals surface area contributed by atoms with Crippen LogP contribution in [0.1, 0.15) is 44.7 Å². The standard InChI is InChI=1S/C24H28NOP.CH4/c1-5-19-16-24(18(3)26,21-12-9-13-23(27)17(21)2)15-14-22(19)25(4)20-10-7-6-8-11-20;/h5-13H,1,14-16,27H2,2-4H3;1H4. The molecule has 3 rings (SSSR count). The SMILES string of the molecule is C.C=CC1=C(N(C)c2ccccc2)CCC(C(C)=O)(c2cccc(P)c2C)C1. The van der Waals surface area contributed by atoms with Gasteiger partial charge in [0.25, 0.3) is 0 Å². The van der Waals surface area contributed by atoms with Crippen molar-refractivity contribution in [2.24, 2.45) is 0 Å². The second kappa shape index (κ2) is 8.88. The number of rotatable bonds is 5. The van der Waals surface area contributed by atoms with E-state index in [0.717, 1.165) is 35.0 Å². The van der Waals surface area contributed by atoms with Crippen molar-refractivity contribution in [3.8, 4) is 0 Å². The van der Waals surface area contributed by atoms with E-state index in [9.17, 15) is 4.79 Å². The highest BCUT2D eigenvalue weighted by atomic mass is 31.0. The third-order valence-corrected chi connectivity index (χ3v) is 6.64. The Balaban J connectivity index is 0.00000280. The molecule has 0 amide bonds. The number of carbonyl (C=O) groups is 1. The number of Topliss-reactive ketones (excluding diaryl/α,β-unsaturated/α-hetero) is 1. The van der Waals surface area contributed by atoms with E-state index < -0.39 is 5.41 Å². The van der Waals surface area contributed by atoms with Crippen LogP contribution in [-0.2, 0) is 10.2 Å². The molecule has 2 aromatic rings. The molecule has 28 heavy (non-hydrogen) atoms. The van der Waals surface area contributed by atoms with Crippen molar-refractivity contribution in [2.75, 3.05) is 11.9 Å². The van der Waals surface area contributed by atoms with Crippen molar-refractivity contribution in [1.29, 1.82) is 0 Å². The van der Waals surface area contributed by atoms with E-state index in [-0.39, 0.29) is 13.2 Å². The summed E-state index contributed by atoms with van der Waals surface area (Å²) in [7, 11) is 4.89. The Morgan fingerprint density at radius 3 is 2.46 bits per heavy atom. The summed E-state index contributed by atoms with van der Waals surface area (Å²) in [5.74, 6) is 0.238. The zero-order chi connectivity index (χ0) is 19.6. The van der Waals surface area contributed by atoms with Gasteiger partial charge >= 0.3 is 0 Å². The van der Waals surface area contributed by atoms with Crippen molar-refractivity contribution in [3.05, 3.63) is 83.6 Å². The molecule has 0 bridgehead atoms. The summed E-state index contributed by atoms with van der Waals surface area (Å²) >= 11 is 0. The summed E-state index contributed by atoms with van der Waals surface area (Å²) in [6.07, 6.45) is 4.31. The summed E-state index contributed by atoms with van der Waals surface area (Å²) in [6, 6.07) is 16.6. The fourth-order valence-corrected chi connectivity index (χ4v) is 4.55. The van der Waals surface area contributed by atoms with E-state index in [2.05, 4.69) is 77.2 Å². The monoisotopic (exact) mass is 393 g/mol. The summed E-state index contributed by atoms with van der Waals surface area (Å²) < 4.78 is 0. The molecule has 2 unspecified atom stereocenters. The third kappa shape index (κ3) is 3.84. The van der Waals surface area contributed by atoms with Crippen LogP contribution < -0.4 is 10.2 Å². The average Bonchev–Trinajstić information content (AvgIpc) is 2.69. The largest absolute Gasteiger partial charge is 0.348 e. The van der Waals surface area contributed by atoms with Crippen LogP contribution in [0.2, 0.25) is 0 Å². The second-order valence-electron chi connectivity index (χ2n) is 7.41. The van der Waals surface area contributed by atoms with Crippen LogP contribution in [0.5, 0.6) is 0 Å². The molecule has 0 saturated carbocycles. The molecule has 2 aromatic carbocycles. The smallest absolute Gasteiger partial charge is 0.140 e. The molecule has 0 saturated heterocycles. The maximum atomic E-state index is 12.9. The maximum absolute atomic E-state index is 12.9. The first kappa shape index (κ1) is 22.1. The minimum Gasteiger partial charge on any atom is -0.348 e. The number of carbonyl (C=O) groups excluding carboxylic acids is 1. The molecule has 0 aliphatic heterocycles. The summed E-state index contributed by atoms with van der Waals surface area (Å²) in [5.41, 5.74) is 5.46. The highest BCUT2D eigenvalue weighted by molar-refractivity contribution is 7.27. The minimum atomic E-state index is -0.471. The fraction of sp³-hybridized carbons (Fsp3) is 0.320. The van der Waals surface area contributed by atoms with Gasteiger partial charge in [-0.05, 0) is 67.2 Å². The quantitative estimate of drug-likeness (QED) is 0.606. The van der Waals surface area contributed by atoms with Gasteiger partial charge < -0.3 is 4.90 Å². The Morgan fingerprint density at radius 1 is 1.18 bits per heavy atom. The molecule has 3 heteroatoms. The number of nitrogens with zero attached hydrogens (tertiary/aromatic N) is 1. The van der Waals surface area contributed by atoms with Gasteiger partial charge in [-0.15, -0.1) is 9.24 Å². The molecule has 0 radical (unpaired) electrons. The number of allylic oxidation sites excluding steroid dienone is 3. The summed E-state index contributed by atoms with van der Waals surface area (Å²) in [6.45, 7) is 7.92. The number of hydrogen-bond acceptors (Lipinski definition) is 2. The molecule has 1 aliphatic rings. The van der Waals surface area contributed by atoms with Gasteiger partial charge in [-0.3, -0.25) is 4.79 Å². The molecular formula is C25H32NOP. The molecule has 0 spiro atoms. The van der Waals surface area contributed by atoms with Gasteiger partial charge in [-0.1, -0.05) is 56.5 Å². The van der Waals surface area contributed by atoms with Gasteiger partial charge in [0.15, 0.2) is 0 Å². The first-order valence-corrected chi connectivity index (χ1v) is 9.98. The Kier molecular flexibility index (Phi) is 7.01. The van der Waals surface area contributed by atoms with Crippen LogP contribution >= 0.6 is 9.24 Å². The molecule has 0 fully saturated rings. The minimum absolute atomic E-state index is 0. The van der Waals surface area contributed by atoms with E-state index in [1.54, 1.807) is 6.92 Å². The molecule has 2 nitrogen and oxygen atoms in total. The Morgan fingerprint density at radius 2 is 1.86 bits per heavy atom. The van der Waals surface area contributed by atoms with Gasteiger partial charge in [0.1, 0.15) is 5.78 Å². The fourth-order valence-electron chi connectivity index (χ4n) is 4.28. The number of ketones is 1. The van der Waals surface area contributed by atoms with Gasteiger partial charge in [-0.25, -0.2) is 0 Å². The Labute approximate surface area is 172 Å². The van der Waals surface area contributed by atoms with Crippen molar-refractivity contribution >= 4 is 26.0 Å². The molecule has 148 valence electrons. The van der Waals surface area contributed by atoms with Gasteiger partial charge in [0.2, 0.25) is 0 Å². The topological polar surface area (TPSA) is 20.3 Å². The van der Waals surface area contributed by atoms with E-state index >= 15 is 0 Å². The number of para-hydroxylation sites is 1. The second-order valence-corrected chi connectivity index (χ2v) is 8.03. The first-order valence-electron chi connectivity index (χ1n) is 9.40. The lowest BCUT2D eigenvalue weighted by Gasteiger charge is -2.40. The highest BCUT2D eigenvalue weighted by Crippen LogP contribution is 2.45. The lowest BCUT2D eigenvalue weighted by Crippen LogP contribution is -2.40. The molecule has 2 atom stereocenters. The summed E-state index contributed by atoms with van der Waals surface area (Å²) in [5, 5.41) is 1.16. The van der Waals surface area contributed by atoms with Crippen molar-refractivity contribution < 1.29 is 4.79 Å². The Bertz CT molecular complexity index is 900. The highest BCUT2D eigenvalue weighted by Gasteiger charge is 2.42. The van der Waals surface area contributed by atoms with Crippen molar-refractivity contribution in [3.63, 3.8) is 0 Å². The molecule has 0 aromatic heterocycles. The average molecular weight is 394 g/mol. The lowest BCUT2D eigenvalue weighted by molar-refractivity contribution is -0.122. The predicted octanol–water partition coefficient (Wildman–Crippen LogP) is 5.72. The van der Waals surface area contributed by atoms with Crippen LogP contribution in [0, 0.1) is 6.92 Å². The van der Waals surface area contributed by atoms with E-state index in [0.29, 0.717) is 6.42 Å². The van der Waals surface area contributed by atoms with E-state index in [1.165, 1.54) is 11.3 Å². The molecule has 0 N–H and O–H groups in total. The van der Waals surface area contributed by atoms with Crippen LogP contribution in [0.3, 0.4) is 0 Å². The third-order valence-electron chi connectivity index (χ3n) is 6.01. The molecule has 0 heterocycles.